The Labute approximate surface area is 289 Å². The first-order valence-electron chi connectivity index (χ1n) is 16.9. The van der Waals surface area contributed by atoms with Crippen molar-refractivity contribution in [2.75, 3.05) is 26.4 Å². The first-order valence-corrected chi connectivity index (χ1v) is 16.9. The van der Waals surface area contributed by atoms with Crippen LogP contribution in [-0.2, 0) is 39.9 Å². The normalized spacial score (nSPS) is 29.1. The average molecular weight is 705 g/mol. The van der Waals surface area contributed by atoms with Crippen molar-refractivity contribution in [1.29, 1.82) is 0 Å². The molecule has 7 unspecified atom stereocenters. The quantitative estimate of drug-likeness (QED) is 0.145. The van der Waals surface area contributed by atoms with Gasteiger partial charge in [0, 0.05) is 25.9 Å². The van der Waals surface area contributed by atoms with Gasteiger partial charge in [0.05, 0.1) is 18.8 Å². The lowest BCUT2D eigenvalue weighted by atomic mass is 9.99. The van der Waals surface area contributed by atoms with E-state index >= 15 is 0 Å². The molecule has 17 heteroatoms. The van der Waals surface area contributed by atoms with E-state index in [0.29, 0.717) is 12.0 Å². The number of benzene rings is 1. The summed E-state index contributed by atoms with van der Waals surface area (Å²) in [4.78, 5) is 83.2. The van der Waals surface area contributed by atoms with Gasteiger partial charge in [0.2, 0.25) is 35.4 Å². The van der Waals surface area contributed by atoms with E-state index in [1.165, 1.54) is 41.0 Å². The summed E-state index contributed by atoms with van der Waals surface area (Å²) in [6.07, 6.45) is -2.91. The number of hydrogen-bond donors (Lipinski definition) is 8. The van der Waals surface area contributed by atoms with Crippen LogP contribution in [0.5, 0.6) is 5.75 Å². The molecule has 0 bridgehead atoms. The van der Waals surface area contributed by atoms with E-state index in [9.17, 15) is 49.2 Å². The molecule has 0 saturated carbocycles. The van der Waals surface area contributed by atoms with Crippen molar-refractivity contribution in [2.24, 2.45) is 5.92 Å². The molecule has 3 aliphatic rings. The Morgan fingerprint density at radius 2 is 1.56 bits per heavy atom. The van der Waals surface area contributed by atoms with E-state index < -0.39 is 91.4 Å². The standard InChI is InChI=1S/C33H48N6O11/c1-18-13-23-31(47)35-26(50-17-40)7-3-6-25(44)34-15-27(45)38-12-4-5-22(38)30(46)37-29(24(43)14-20-8-10-21(42)11-9-20)32(48)36-28(19(2)41)33(49)39(23)16-18/h8-11,18-19,22-24,26,28-29,40-43H,3-7,12-17H2,1-2H3,(H,34,44)(H,35,47)(H,36,48)(H,37,46)/t18-,19?,22?,23?,24?,26?,28?,29?/m1/s1. The van der Waals surface area contributed by atoms with Crippen molar-refractivity contribution in [3.8, 4) is 5.75 Å². The number of hydrogen-bond acceptors (Lipinski definition) is 11. The molecule has 3 fully saturated rings. The van der Waals surface area contributed by atoms with Crippen LogP contribution in [0.2, 0.25) is 0 Å². The molecular weight excluding hydrogens is 656 g/mol. The van der Waals surface area contributed by atoms with Gasteiger partial charge in [-0.25, -0.2) is 0 Å². The Hall–Kier alpha value is -4.32. The van der Waals surface area contributed by atoms with Crippen LogP contribution in [0.15, 0.2) is 24.3 Å². The van der Waals surface area contributed by atoms with Gasteiger partial charge in [0.25, 0.3) is 0 Å². The van der Waals surface area contributed by atoms with Crippen LogP contribution in [-0.4, -0.2) is 135 Å². The average Bonchev–Trinajstić information content (AvgIpc) is 3.72. The van der Waals surface area contributed by atoms with E-state index in [0.717, 1.165) is 0 Å². The number of nitrogens with one attached hydrogen (secondary N) is 4. The number of amides is 6. The zero-order chi connectivity index (χ0) is 36.5. The summed E-state index contributed by atoms with van der Waals surface area (Å²) in [7, 11) is 0. The molecule has 8 atom stereocenters. The summed E-state index contributed by atoms with van der Waals surface area (Å²) in [5.74, 6) is -4.26. The fourth-order valence-corrected chi connectivity index (χ4v) is 6.62. The lowest BCUT2D eigenvalue weighted by Crippen LogP contribution is -2.63. The summed E-state index contributed by atoms with van der Waals surface area (Å²) in [5.41, 5.74) is 0.514. The minimum atomic E-state index is -1.66. The fourth-order valence-electron chi connectivity index (χ4n) is 6.62. The molecule has 276 valence electrons. The maximum atomic E-state index is 14.0. The Bertz CT molecular complexity index is 1390. The van der Waals surface area contributed by atoms with Crippen molar-refractivity contribution in [3.63, 3.8) is 0 Å². The highest BCUT2D eigenvalue weighted by Gasteiger charge is 2.44. The highest BCUT2D eigenvalue weighted by molar-refractivity contribution is 5.97. The van der Waals surface area contributed by atoms with Gasteiger partial charge in [0.1, 0.15) is 42.9 Å². The van der Waals surface area contributed by atoms with Crippen LogP contribution in [0.1, 0.15) is 57.9 Å². The monoisotopic (exact) mass is 704 g/mol. The fraction of sp³-hybridized carbons (Fsp3) is 0.636. The summed E-state index contributed by atoms with van der Waals surface area (Å²) < 4.78 is 5.26. The van der Waals surface area contributed by atoms with Crippen LogP contribution in [0.4, 0.5) is 0 Å². The van der Waals surface area contributed by atoms with Crippen molar-refractivity contribution in [1.82, 2.24) is 31.1 Å². The molecule has 0 spiro atoms. The first kappa shape index (κ1) is 38.5. The maximum absolute atomic E-state index is 14.0. The van der Waals surface area contributed by atoms with Gasteiger partial charge >= 0.3 is 0 Å². The second-order valence-corrected chi connectivity index (χ2v) is 13.2. The molecule has 1 aromatic carbocycles. The first-order chi connectivity index (χ1) is 23.8. The molecule has 3 heterocycles. The molecule has 4 rings (SSSR count). The molecule has 8 N–H and O–H groups in total. The topological polar surface area (TPSA) is 247 Å². The third-order valence-corrected chi connectivity index (χ3v) is 9.25. The van der Waals surface area contributed by atoms with E-state index in [-0.39, 0.29) is 63.3 Å². The zero-order valence-electron chi connectivity index (χ0n) is 28.2. The number of phenolic OH excluding ortho intramolecular Hbond substituents is 1. The zero-order valence-corrected chi connectivity index (χ0v) is 28.2. The number of nitrogens with zero attached hydrogens (tertiary/aromatic N) is 2. The van der Waals surface area contributed by atoms with Gasteiger partial charge in [-0.1, -0.05) is 19.1 Å². The molecule has 0 aromatic heterocycles. The predicted octanol–water partition coefficient (Wildman–Crippen LogP) is -2.42. The lowest BCUT2D eigenvalue weighted by Gasteiger charge is -2.33. The molecule has 0 radical (unpaired) electrons. The van der Waals surface area contributed by atoms with Crippen molar-refractivity contribution in [2.45, 2.75) is 101 Å². The number of aromatic hydroxyl groups is 1. The largest absolute Gasteiger partial charge is 0.508 e. The van der Waals surface area contributed by atoms with Crippen molar-refractivity contribution < 1.29 is 53.9 Å². The SMILES string of the molecule is CC(O)C1NC(=O)C(C(O)Cc2ccc(O)cc2)NC(=O)C2CCCN2C(=O)CNC(=O)CCCC(OCO)NC(=O)C2C[C@@H](C)CN2C1=O. The van der Waals surface area contributed by atoms with E-state index in [2.05, 4.69) is 21.3 Å². The molecule has 50 heavy (non-hydrogen) atoms. The molecule has 0 aliphatic carbocycles. The highest BCUT2D eigenvalue weighted by atomic mass is 16.6. The molecule has 17 nitrogen and oxygen atoms in total. The van der Waals surface area contributed by atoms with E-state index in [4.69, 9.17) is 4.74 Å². The molecule has 1 aromatic rings. The van der Waals surface area contributed by atoms with Gasteiger partial charge in [0.15, 0.2) is 0 Å². The van der Waals surface area contributed by atoms with Crippen LogP contribution in [0, 0.1) is 5.92 Å². The Balaban J connectivity index is 1.66. The number of phenols is 1. The number of carbonyl (C=O) groups excluding carboxylic acids is 6. The Morgan fingerprint density at radius 1 is 0.880 bits per heavy atom. The number of rotatable bonds is 6. The van der Waals surface area contributed by atoms with Crippen LogP contribution in [0.3, 0.4) is 0 Å². The molecule has 3 saturated heterocycles. The summed E-state index contributed by atoms with van der Waals surface area (Å²) in [6.45, 7) is 2.33. The molecular formula is C33H48N6O11. The van der Waals surface area contributed by atoms with Gasteiger partial charge < -0.3 is 56.2 Å². The lowest BCUT2D eigenvalue weighted by molar-refractivity contribution is -0.147. The number of fused-ring (bicyclic) bond motifs is 2. The van der Waals surface area contributed by atoms with E-state index in [1.54, 1.807) is 0 Å². The highest BCUT2D eigenvalue weighted by Crippen LogP contribution is 2.25. The van der Waals surface area contributed by atoms with Gasteiger partial charge in [-0.15, -0.1) is 0 Å². The summed E-state index contributed by atoms with van der Waals surface area (Å²) in [6, 6.07) is 0.551. The Morgan fingerprint density at radius 3 is 2.24 bits per heavy atom. The van der Waals surface area contributed by atoms with Crippen LogP contribution >= 0.6 is 0 Å². The third-order valence-electron chi connectivity index (χ3n) is 9.25. The predicted molar refractivity (Wildman–Crippen MR) is 174 cm³/mol. The number of aliphatic hydroxyl groups excluding tert-OH is 3. The van der Waals surface area contributed by atoms with Crippen LogP contribution < -0.4 is 21.3 Å². The number of ether oxygens (including phenoxy) is 1. The van der Waals surface area contributed by atoms with Gasteiger partial charge in [-0.05, 0) is 62.6 Å². The summed E-state index contributed by atoms with van der Waals surface area (Å²) >= 11 is 0. The van der Waals surface area contributed by atoms with Gasteiger partial charge in [-0.2, -0.15) is 0 Å². The molecule has 3 aliphatic heterocycles. The third kappa shape index (κ3) is 9.89. The second kappa shape index (κ2) is 17.6. The maximum Gasteiger partial charge on any atom is 0.248 e. The number of carbonyl (C=O) groups is 6. The number of aliphatic hydroxyl groups is 3. The van der Waals surface area contributed by atoms with Crippen LogP contribution in [0.25, 0.3) is 0 Å². The minimum Gasteiger partial charge on any atom is -0.508 e. The Kier molecular flexibility index (Phi) is 13.5. The van der Waals surface area contributed by atoms with Crippen molar-refractivity contribution >= 4 is 35.4 Å². The minimum absolute atomic E-state index is 0.0208. The summed E-state index contributed by atoms with van der Waals surface area (Å²) in [5, 5.41) is 51.3. The van der Waals surface area contributed by atoms with Gasteiger partial charge in [-0.3, -0.25) is 28.8 Å². The second-order valence-electron chi connectivity index (χ2n) is 13.2. The van der Waals surface area contributed by atoms with E-state index in [1.807, 2.05) is 6.92 Å². The molecule has 6 amide bonds. The smallest absolute Gasteiger partial charge is 0.248 e. The van der Waals surface area contributed by atoms with Crippen molar-refractivity contribution in [3.05, 3.63) is 29.8 Å².